The zero-order valence-electron chi connectivity index (χ0n) is 11.0. The first-order chi connectivity index (χ1) is 9.54. The van der Waals surface area contributed by atoms with Gasteiger partial charge in [-0.3, -0.25) is 4.79 Å². The largest absolute Gasteiger partial charge is 0.330 e. The first kappa shape index (κ1) is 13.1. The Morgan fingerprint density at radius 3 is 2.65 bits per heavy atom. The van der Waals surface area contributed by atoms with E-state index in [1.165, 1.54) is 12.1 Å². The van der Waals surface area contributed by atoms with Gasteiger partial charge in [0.1, 0.15) is 5.82 Å². The van der Waals surface area contributed by atoms with Crippen molar-refractivity contribution in [1.82, 2.24) is 4.90 Å². The fraction of sp³-hybridized carbons (Fsp3) is 0.188. The summed E-state index contributed by atoms with van der Waals surface area (Å²) in [4.78, 5) is 14.1. The molecule has 0 saturated heterocycles. The molecule has 102 valence electrons. The summed E-state index contributed by atoms with van der Waals surface area (Å²) in [6.45, 7) is 2.97. The van der Waals surface area contributed by atoms with Crippen LogP contribution in [-0.2, 0) is 13.1 Å². The van der Waals surface area contributed by atoms with Gasteiger partial charge in [0.15, 0.2) is 0 Å². The van der Waals surface area contributed by atoms with Crippen LogP contribution in [-0.4, -0.2) is 10.8 Å². The minimum absolute atomic E-state index is 0.0608. The van der Waals surface area contributed by atoms with Gasteiger partial charge in [0.2, 0.25) is 0 Å². The monoisotopic (exact) mass is 289 g/mol. The molecule has 1 amide bonds. The fourth-order valence-electron chi connectivity index (χ4n) is 2.55. The number of carbonyl (C=O) groups is 1. The Balaban J connectivity index is 1.87. The highest BCUT2D eigenvalue weighted by Gasteiger charge is 2.29. The molecule has 3 rings (SSSR count). The molecule has 2 aromatic carbocycles. The van der Waals surface area contributed by atoms with E-state index >= 15 is 0 Å². The van der Waals surface area contributed by atoms with Crippen LogP contribution in [0.25, 0.3) is 0 Å². The molecule has 0 bridgehead atoms. The lowest BCUT2D eigenvalue weighted by atomic mass is 10.1. The fourth-order valence-corrected chi connectivity index (χ4v) is 2.93. The molecule has 2 aromatic rings. The summed E-state index contributed by atoms with van der Waals surface area (Å²) in [6.07, 6.45) is 0. The van der Waals surface area contributed by atoms with E-state index < -0.39 is 0 Å². The molecule has 0 radical (unpaired) electrons. The molecule has 1 aliphatic rings. The predicted molar refractivity (Wildman–Crippen MR) is 76.2 cm³/mol. The molecule has 4 heteroatoms. The second-order valence-electron chi connectivity index (χ2n) is 5.07. The number of halogens is 2. The van der Waals surface area contributed by atoms with Crippen molar-refractivity contribution in [2.24, 2.45) is 0 Å². The molecule has 2 nitrogen and oxygen atoms in total. The van der Waals surface area contributed by atoms with Crippen molar-refractivity contribution in [3.63, 3.8) is 0 Å². The van der Waals surface area contributed by atoms with Crippen molar-refractivity contribution in [1.29, 1.82) is 0 Å². The standard InChI is InChI=1S/C16H13ClFNO/c1-10-6-12-9-19(16(20)15(12)14(17)7-10)8-11-2-4-13(18)5-3-11/h2-7H,8-9H2,1H3. The number of hydrogen-bond acceptors (Lipinski definition) is 1. The molecule has 0 spiro atoms. The number of aryl methyl sites for hydroxylation is 1. The normalized spacial score (nSPS) is 13.8. The van der Waals surface area contributed by atoms with Crippen LogP contribution in [0, 0.1) is 12.7 Å². The van der Waals surface area contributed by atoms with Gasteiger partial charge >= 0.3 is 0 Å². The van der Waals surface area contributed by atoms with Crippen molar-refractivity contribution >= 4 is 17.5 Å². The van der Waals surface area contributed by atoms with Crippen LogP contribution in [0.5, 0.6) is 0 Å². The molecule has 0 aliphatic carbocycles. The van der Waals surface area contributed by atoms with E-state index in [0.29, 0.717) is 23.7 Å². The van der Waals surface area contributed by atoms with E-state index in [-0.39, 0.29) is 11.7 Å². The lowest BCUT2D eigenvalue weighted by molar-refractivity contribution is 0.0767. The number of benzene rings is 2. The molecular formula is C16H13ClFNO. The summed E-state index contributed by atoms with van der Waals surface area (Å²) in [6, 6.07) is 9.99. The molecule has 0 atom stereocenters. The molecule has 0 unspecified atom stereocenters. The average molecular weight is 290 g/mol. The third-order valence-electron chi connectivity index (χ3n) is 3.47. The van der Waals surface area contributed by atoms with Gasteiger partial charge in [0.25, 0.3) is 5.91 Å². The van der Waals surface area contributed by atoms with Gasteiger partial charge in [-0.15, -0.1) is 0 Å². The second kappa shape index (κ2) is 4.91. The van der Waals surface area contributed by atoms with Gasteiger partial charge in [0, 0.05) is 13.1 Å². The Hall–Kier alpha value is -1.87. The van der Waals surface area contributed by atoms with Gasteiger partial charge in [-0.25, -0.2) is 4.39 Å². The summed E-state index contributed by atoms with van der Waals surface area (Å²) in [5.41, 5.74) is 3.51. The van der Waals surface area contributed by atoms with E-state index in [1.54, 1.807) is 23.1 Å². The zero-order chi connectivity index (χ0) is 14.3. The highest BCUT2D eigenvalue weighted by Crippen LogP contribution is 2.31. The molecule has 0 N–H and O–H groups in total. The first-order valence-corrected chi connectivity index (χ1v) is 6.75. The number of hydrogen-bond donors (Lipinski definition) is 0. The molecule has 0 fully saturated rings. The van der Waals surface area contributed by atoms with Crippen LogP contribution >= 0.6 is 11.6 Å². The summed E-state index contributed by atoms with van der Waals surface area (Å²) < 4.78 is 12.9. The Bertz CT molecular complexity index is 682. The average Bonchev–Trinajstić information content (AvgIpc) is 2.69. The molecule has 0 saturated carbocycles. The Kier molecular flexibility index (Phi) is 3.22. The Labute approximate surface area is 121 Å². The third kappa shape index (κ3) is 2.29. The number of nitrogens with zero attached hydrogens (tertiary/aromatic N) is 1. The minimum atomic E-state index is -0.275. The number of fused-ring (bicyclic) bond motifs is 1. The molecular weight excluding hydrogens is 277 g/mol. The first-order valence-electron chi connectivity index (χ1n) is 6.37. The highest BCUT2D eigenvalue weighted by molar-refractivity contribution is 6.34. The van der Waals surface area contributed by atoms with Gasteiger partial charge in [0.05, 0.1) is 10.6 Å². The van der Waals surface area contributed by atoms with Crippen LogP contribution in [0.2, 0.25) is 5.02 Å². The second-order valence-corrected chi connectivity index (χ2v) is 5.48. The van der Waals surface area contributed by atoms with Crippen LogP contribution in [0.15, 0.2) is 36.4 Å². The SMILES string of the molecule is Cc1cc(Cl)c2c(c1)CN(Cc1ccc(F)cc1)C2=O. The lowest BCUT2D eigenvalue weighted by Crippen LogP contribution is -2.23. The zero-order valence-corrected chi connectivity index (χ0v) is 11.7. The quantitative estimate of drug-likeness (QED) is 0.820. The predicted octanol–water partition coefficient (Wildman–Crippen LogP) is 3.94. The lowest BCUT2D eigenvalue weighted by Gasteiger charge is -2.15. The van der Waals surface area contributed by atoms with E-state index in [2.05, 4.69) is 0 Å². The summed E-state index contributed by atoms with van der Waals surface area (Å²) in [5, 5.41) is 0.506. The van der Waals surface area contributed by atoms with Gasteiger partial charge < -0.3 is 4.90 Å². The maximum absolute atomic E-state index is 12.9. The van der Waals surface area contributed by atoms with Crippen molar-refractivity contribution < 1.29 is 9.18 Å². The van der Waals surface area contributed by atoms with Gasteiger partial charge in [-0.2, -0.15) is 0 Å². The summed E-state index contributed by atoms with van der Waals surface area (Å²) >= 11 is 6.16. The van der Waals surface area contributed by atoms with Crippen molar-refractivity contribution in [2.75, 3.05) is 0 Å². The van der Waals surface area contributed by atoms with Gasteiger partial charge in [-0.05, 0) is 41.8 Å². The van der Waals surface area contributed by atoms with Crippen LogP contribution in [0.1, 0.15) is 27.0 Å². The Morgan fingerprint density at radius 2 is 1.95 bits per heavy atom. The van der Waals surface area contributed by atoms with Crippen LogP contribution in [0.3, 0.4) is 0 Å². The highest BCUT2D eigenvalue weighted by atomic mass is 35.5. The molecule has 20 heavy (non-hydrogen) atoms. The van der Waals surface area contributed by atoms with Crippen molar-refractivity contribution in [3.8, 4) is 0 Å². The van der Waals surface area contributed by atoms with Crippen molar-refractivity contribution in [2.45, 2.75) is 20.0 Å². The van der Waals surface area contributed by atoms with Crippen molar-refractivity contribution in [3.05, 3.63) is 69.5 Å². The maximum atomic E-state index is 12.9. The molecule has 1 heterocycles. The van der Waals surface area contributed by atoms with E-state index in [9.17, 15) is 9.18 Å². The molecule has 0 aromatic heterocycles. The third-order valence-corrected chi connectivity index (χ3v) is 3.76. The summed E-state index contributed by atoms with van der Waals surface area (Å²) in [7, 11) is 0. The maximum Gasteiger partial charge on any atom is 0.256 e. The number of amides is 1. The van der Waals surface area contributed by atoms with E-state index in [0.717, 1.165) is 16.7 Å². The number of rotatable bonds is 2. The molecule has 1 aliphatic heterocycles. The number of carbonyl (C=O) groups excluding carboxylic acids is 1. The van der Waals surface area contributed by atoms with Crippen LogP contribution in [0.4, 0.5) is 4.39 Å². The Morgan fingerprint density at radius 1 is 1.25 bits per heavy atom. The van der Waals surface area contributed by atoms with E-state index in [4.69, 9.17) is 11.6 Å². The van der Waals surface area contributed by atoms with Gasteiger partial charge in [-0.1, -0.05) is 29.8 Å². The summed E-state index contributed by atoms with van der Waals surface area (Å²) in [5.74, 6) is -0.335. The van der Waals surface area contributed by atoms with Crippen LogP contribution < -0.4 is 0 Å². The van der Waals surface area contributed by atoms with E-state index in [1.807, 2.05) is 13.0 Å². The topological polar surface area (TPSA) is 20.3 Å². The smallest absolute Gasteiger partial charge is 0.256 e. The minimum Gasteiger partial charge on any atom is -0.330 e.